The van der Waals surface area contributed by atoms with Crippen LogP contribution in [-0.2, 0) is 6.54 Å². The summed E-state index contributed by atoms with van der Waals surface area (Å²) in [6, 6.07) is 10.2. The third-order valence-electron chi connectivity index (χ3n) is 5.12. The third kappa shape index (κ3) is 3.49. The molecular formula is C21H20F3N3O. The lowest BCUT2D eigenvalue weighted by Crippen LogP contribution is -2.50. The van der Waals surface area contributed by atoms with Crippen molar-refractivity contribution in [3.05, 3.63) is 71.4 Å². The van der Waals surface area contributed by atoms with Gasteiger partial charge in [-0.2, -0.15) is 0 Å². The van der Waals surface area contributed by atoms with Crippen LogP contribution >= 0.6 is 0 Å². The molecule has 4 nitrogen and oxygen atoms in total. The van der Waals surface area contributed by atoms with E-state index in [0.717, 1.165) is 0 Å². The van der Waals surface area contributed by atoms with E-state index in [2.05, 4.69) is 10.6 Å². The van der Waals surface area contributed by atoms with E-state index < -0.39 is 23.9 Å². The molecule has 0 radical (unpaired) electrons. The second-order valence-corrected chi connectivity index (χ2v) is 6.98. The highest BCUT2D eigenvalue weighted by Crippen LogP contribution is 2.26. The third-order valence-corrected chi connectivity index (χ3v) is 5.12. The van der Waals surface area contributed by atoms with Gasteiger partial charge in [0.05, 0.1) is 23.7 Å². The molecule has 3 aromatic rings. The quantitative estimate of drug-likeness (QED) is 0.721. The Bertz CT molecular complexity index is 1020. The summed E-state index contributed by atoms with van der Waals surface area (Å²) in [6.45, 7) is 0.933. The number of carbonyl (C=O) groups is 1. The Morgan fingerprint density at radius 2 is 1.93 bits per heavy atom. The lowest BCUT2D eigenvalue weighted by atomic mass is 10.0. The minimum absolute atomic E-state index is 0.121. The maximum Gasteiger partial charge on any atom is 0.253 e. The van der Waals surface area contributed by atoms with Crippen molar-refractivity contribution in [2.45, 2.75) is 25.2 Å². The minimum Gasteiger partial charge on any atom is -0.346 e. The number of piperidine rings is 1. The summed E-state index contributed by atoms with van der Waals surface area (Å²) in [7, 11) is 0. The molecule has 1 aromatic heterocycles. The molecule has 7 heteroatoms. The number of hydrogen-bond acceptors (Lipinski definition) is 2. The van der Waals surface area contributed by atoms with Gasteiger partial charge in [-0.3, -0.25) is 4.79 Å². The highest BCUT2D eigenvalue weighted by Gasteiger charge is 2.28. The Kier molecular flexibility index (Phi) is 5.09. The monoisotopic (exact) mass is 387 g/mol. The van der Waals surface area contributed by atoms with Gasteiger partial charge in [-0.15, -0.1) is 0 Å². The number of alkyl halides is 1. The van der Waals surface area contributed by atoms with Crippen LogP contribution in [0, 0.1) is 11.6 Å². The van der Waals surface area contributed by atoms with Crippen molar-refractivity contribution in [1.82, 2.24) is 15.2 Å². The van der Waals surface area contributed by atoms with Gasteiger partial charge in [0, 0.05) is 23.7 Å². The average molecular weight is 387 g/mol. The van der Waals surface area contributed by atoms with Gasteiger partial charge in [-0.25, -0.2) is 13.2 Å². The maximum atomic E-state index is 14.5. The first kappa shape index (κ1) is 18.6. The van der Waals surface area contributed by atoms with Crippen LogP contribution in [0.25, 0.3) is 10.9 Å². The first-order valence-corrected chi connectivity index (χ1v) is 9.21. The number of halogens is 3. The van der Waals surface area contributed by atoms with E-state index in [1.54, 1.807) is 34.9 Å². The second kappa shape index (κ2) is 7.67. The highest BCUT2D eigenvalue weighted by molar-refractivity contribution is 6.07. The fourth-order valence-corrected chi connectivity index (χ4v) is 3.65. The van der Waals surface area contributed by atoms with Crippen molar-refractivity contribution in [2.75, 3.05) is 13.1 Å². The van der Waals surface area contributed by atoms with E-state index in [9.17, 15) is 18.0 Å². The summed E-state index contributed by atoms with van der Waals surface area (Å²) in [6.07, 6.45) is 0.766. The number of rotatable bonds is 4. The van der Waals surface area contributed by atoms with Crippen LogP contribution < -0.4 is 10.6 Å². The van der Waals surface area contributed by atoms with Crippen LogP contribution in [0.15, 0.2) is 48.7 Å². The van der Waals surface area contributed by atoms with Gasteiger partial charge in [0.15, 0.2) is 0 Å². The molecule has 28 heavy (non-hydrogen) atoms. The van der Waals surface area contributed by atoms with Gasteiger partial charge >= 0.3 is 0 Å². The van der Waals surface area contributed by atoms with Crippen molar-refractivity contribution in [1.29, 1.82) is 0 Å². The van der Waals surface area contributed by atoms with E-state index in [0.29, 0.717) is 24.0 Å². The molecule has 0 spiro atoms. The lowest BCUT2D eigenvalue weighted by Gasteiger charge is -2.27. The summed E-state index contributed by atoms with van der Waals surface area (Å²) in [5.41, 5.74) is 1.03. The Balaban J connectivity index is 1.70. The molecule has 1 aliphatic rings. The molecule has 1 amide bonds. The molecule has 1 fully saturated rings. The molecule has 2 heterocycles. The van der Waals surface area contributed by atoms with Crippen LogP contribution in [0.1, 0.15) is 22.3 Å². The van der Waals surface area contributed by atoms with E-state index in [1.165, 1.54) is 18.3 Å². The standard InChI is InChI=1S/C21H20F3N3O/c22-15-5-2-1-4-13(15)11-27-12-14(20-16(23)6-3-7-19(20)27)21(28)26-18-8-9-25-10-17(18)24/h1-7,12,17-18,25H,8-11H2,(H,26,28)/t17-,18?/m0/s1. The highest BCUT2D eigenvalue weighted by atomic mass is 19.1. The molecule has 1 saturated heterocycles. The Labute approximate surface area is 160 Å². The largest absolute Gasteiger partial charge is 0.346 e. The van der Waals surface area contributed by atoms with Crippen LogP contribution in [0.3, 0.4) is 0 Å². The van der Waals surface area contributed by atoms with E-state index in [-0.39, 0.29) is 29.9 Å². The Hall–Kier alpha value is -2.80. The van der Waals surface area contributed by atoms with E-state index >= 15 is 0 Å². The average Bonchev–Trinajstić information content (AvgIpc) is 3.05. The zero-order chi connectivity index (χ0) is 19.7. The molecular weight excluding hydrogens is 367 g/mol. The first-order valence-electron chi connectivity index (χ1n) is 9.21. The first-order chi connectivity index (χ1) is 13.5. The van der Waals surface area contributed by atoms with Crippen LogP contribution in [-0.4, -0.2) is 35.8 Å². The van der Waals surface area contributed by atoms with Gasteiger partial charge in [0.25, 0.3) is 5.91 Å². The lowest BCUT2D eigenvalue weighted by molar-refractivity contribution is 0.0893. The summed E-state index contributed by atoms with van der Waals surface area (Å²) in [5, 5.41) is 5.77. The molecule has 2 atom stereocenters. The molecule has 4 rings (SSSR count). The molecule has 1 aliphatic heterocycles. The smallest absolute Gasteiger partial charge is 0.253 e. The predicted molar refractivity (Wildman–Crippen MR) is 101 cm³/mol. The number of nitrogens with one attached hydrogen (secondary N) is 2. The number of carbonyl (C=O) groups excluding carboxylic acids is 1. The SMILES string of the molecule is O=C(NC1CCNC[C@@H]1F)c1cn(Cc2ccccc2F)c2cccc(F)c12. The molecule has 0 bridgehead atoms. The van der Waals surface area contributed by atoms with Gasteiger partial charge in [-0.05, 0) is 31.2 Å². The predicted octanol–water partition coefficient (Wildman–Crippen LogP) is 3.40. The molecule has 0 aliphatic carbocycles. The second-order valence-electron chi connectivity index (χ2n) is 6.98. The van der Waals surface area contributed by atoms with Crippen molar-refractivity contribution >= 4 is 16.8 Å². The van der Waals surface area contributed by atoms with Crippen molar-refractivity contribution < 1.29 is 18.0 Å². The fourth-order valence-electron chi connectivity index (χ4n) is 3.65. The normalized spacial score (nSPS) is 19.7. The molecule has 1 unspecified atom stereocenters. The number of hydrogen-bond donors (Lipinski definition) is 2. The fraction of sp³-hybridized carbons (Fsp3) is 0.286. The van der Waals surface area contributed by atoms with E-state index in [4.69, 9.17) is 0 Å². The Morgan fingerprint density at radius 1 is 1.14 bits per heavy atom. The molecule has 0 saturated carbocycles. The zero-order valence-corrected chi connectivity index (χ0v) is 15.1. The maximum absolute atomic E-state index is 14.5. The summed E-state index contributed by atoms with van der Waals surface area (Å²) in [5.74, 6) is -1.45. The summed E-state index contributed by atoms with van der Waals surface area (Å²) < 4.78 is 44.3. The van der Waals surface area contributed by atoms with Crippen molar-refractivity contribution in [3.8, 4) is 0 Å². The van der Waals surface area contributed by atoms with Crippen molar-refractivity contribution in [3.63, 3.8) is 0 Å². The summed E-state index contributed by atoms with van der Waals surface area (Å²) >= 11 is 0. The van der Waals surface area contributed by atoms with Gasteiger partial charge in [-0.1, -0.05) is 24.3 Å². The molecule has 2 aromatic carbocycles. The Morgan fingerprint density at radius 3 is 2.71 bits per heavy atom. The minimum atomic E-state index is -1.20. The molecule has 2 N–H and O–H groups in total. The number of amides is 1. The van der Waals surface area contributed by atoms with E-state index in [1.807, 2.05) is 0 Å². The van der Waals surface area contributed by atoms with Crippen LogP contribution in [0.4, 0.5) is 13.2 Å². The number of benzene rings is 2. The zero-order valence-electron chi connectivity index (χ0n) is 15.1. The van der Waals surface area contributed by atoms with Crippen molar-refractivity contribution in [2.24, 2.45) is 0 Å². The van der Waals surface area contributed by atoms with Gasteiger partial charge in [0.2, 0.25) is 0 Å². The number of nitrogens with zero attached hydrogens (tertiary/aromatic N) is 1. The van der Waals surface area contributed by atoms with Crippen LogP contribution in [0.2, 0.25) is 0 Å². The topological polar surface area (TPSA) is 46.1 Å². The number of aromatic nitrogens is 1. The summed E-state index contributed by atoms with van der Waals surface area (Å²) in [4.78, 5) is 12.8. The number of fused-ring (bicyclic) bond motifs is 1. The van der Waals surface area contributed by atoms with Gasteiger partial charge in [0.1, 0.15) is 17.8 Å². The van der Waals surface area contributed by atoms with Gasteiger partial charge < -0.3 is 15.2 Å². The molecule has 146 valence electrons. The van der Waals surface area contributed by atoms with Crippen LogP contribution in [0.5, 0.6) is 0 Å².